The normalized spacial score (nSPS) is 16.4. The van der Waals surface area contributed by atoms with Crippen LogP contribution in [0.3, 0.4) is 0 Å². The highest BCUT2D eigenvalue weighted by molar-refractivity contribution is 6.00. The van der Waals surface area contributed by atoms with Gasteiger partial charge in [0.2, 0.25) is 0 Å². The van der Waals surface area contributed by atoms with Gasteiger partial charge in [0.1, 0.15) is 11.3 Å². The monoisotopic (exact) mass is 573 g/mol. The molecule has 0 aliphatic carbocycles. The van der Waals surface area contributed by atoms with Gasteiger partial charge >= 0.3 is 6.09 Å². The Bertz CT molecular complexity index is 1390. The molecule has 2 aliphatic rings. The summed E-state index contributed by atoms with van der Waals surface area (Å²) in [5, 5.41) is 0. The van der Waals surface area contributed by atoms with Crippen molar-refractivity contribution in [1.82, 2.24) is 24.8 Å². The van der Waals surface area contributed by atoms with Gasteiger partial charge in [-0.3, -0.25) is 14.7 Å². The van der Waals surface area contributed by atoms with Gasteiger partial charge in [0.05, 0.1) is 25.1 Å². The molecule has 0 atom stereocenters. The van der Waals surface area contributed by atoms with Crippen LogP contribution < -0.4 is 10.6 Å². The lowest BCUT2D eigenvalue weighted by atomic mass is 10.0. The number of nitrogens with zero attached hydrogens (tertiary/aromatic N) is 6. The molecule has 2 aliphatic heterocycles. The predicted molar refractivity (Wildman–Crippen MR) is 160 cm³/mol. The van der Waals surface area contributed by atoms with E-state index in [1.807, 2.05) is 39.0 Å². The second-order valence-electron chi connectivity index (χ2n) is 11.6. The summed E-state index contributed by atoms with van der Waals surface area (Å²) in [7, 11) is 0. The average Bonchev–Trinajstić information content (AvgIpc) is 2.98. The van der Waals surface area contributed by atoms with E-state index in [2.05, 4.69) is 36.9 Å². The molecule has 2 aromatic heterocycles. The Morgan fingerprint density at radius 2 is 1.69 bits per heavy atom. The number of hydrogen-bond acceptors (Lipinski definition) is 10. The summed E-state index contributed by atoms with van der Waals surface area (Å²) < 4.78 is 11.0. The lowest BCUT2D eigenvalue weighted by Crippen LogP contribution is -2.49. The molecule has 1 amide bonds. The molecular formula is C31H39N7O4. The van der Waals surface area contributed by atoms with Crippen LogP contribution in [0.1, 0.15) is 42.4 Å². The van der Waals surface area contributed by atoms with Crippen LogP contribution in [0.2, 0.25) is 0 Å². The van der Waals surface area contributed by atoms with Gasteiger partial charge in [-0.25, -0.2) is 14.8 Å². The maximum absolute atomic E-state index is 13.4. The molecule has 0 bridgehead atoms. The van der Waals surface area contributed by atoms with E-state index in [0.717, 1.165) is 55.1 Å². The van der Waals surface area contributed by atoms with Crippen LogP contribution in [-0.4, -0.2) is 94.7 Å². The Labute approximate surface area is 246 Å². The number of carbonyl (C=O) groups is 2. The quantitative estimate of drug-likeness (QED) is 0.420. The maximum Gasteiger partial charge on any atom is 0.410 e. The van der Waals surface area contributed by atoms with E-state index in [1.165, 1.54) is 0 Å². The number of amides is 1. The average molecular weight is 574 g/mol. The molecule has 0 unspecified atom stereocenters. The van der Waals surface area contributed by atoms with Crippen LogP contribution in [0.15, 0.2) is 48.9 Å². The van der Waals surface area contributed by atoms with Gasteiger partial charge in [-0.05, 0) is 32.4 Å². The largest absolute Gasteiger partial charge is 0.444 e. The van der Waals surface area contributed by atoms with Crippen molar-refractivity contribution in [2.75, 3.05) is 63.1 Å². The number of ether oxygens (including phenoxy) is 2. The fraction of sp³-hybridized carbons (Fsp3) is 0.452. The van der Waals surface area contributed by atoms with Crippen molar-refractivity contribution in [2.45, 2.75) is 39.3 Å². The topological polar surface area (TPSA) is 127 Å². The molecule has 11 nitrogen and oxygen atoms in total. The van der Waals surface area contributed by atoms with E-state index in [4.69, 9.17) is 15.2 Å². The number of morpholine rings is 1. The smallest absolute Gasteiger partial charge is 0.410 e. The fourth-order valence-electron chi connectivity index (χ4n) is 5.12. The van der Waals surface area contributed by atoms with Crippen LogP contribution in [-0.2, 0) is 22.4 Å². The number of pyridine rings is 1. The first kappa shape index (κ1) is 29.4. The fourth-order valence-corrected chi connectivity index (χ4v) is 5.12. The molecule has 1 aromatic carbocycles. The Hall–Kier alpha value is -4.09. The molecule has 222 valence electrons. The molecule has 0 radical (unpaired) electrons. The Kier molecular flexibility index (Phi) is 8.98. The molecule has 4 heterocycles. The van der Waals surface area contributed by atoms with E-state index in [0.29, 0.717) is 32.0 Å². The van der Waals surface area contributed by atoms with Crippen LogP contribution in [0.5, 0.6) is 0 Å². The van der Waals surface area contributed by atoms with Crippen molar-refractivity contribution in [1.29, 1.82) is 0 Å². The zero-order chi connectivity index (χ0) is 29.7. The summed E-state index contributed by atoms with van der Waals surface area (Å²) in [4.78, 5) is 45.2. The molecule has 11 heteroatoms. The molecule has 2 N–H and O–H groups in total. The number of rotatable bonds is 7. The predicted octanol–water partition coefficient (Wildman–Crippen LogP) is 3.44. The van der Waals surface area contributed by atoms with Crippen LogP contribution in [0.4, 0.5) is 16.3 Å². The molecule has 42 heavy (non-hydrogen) atoms. The van der Waals surface area contributed by atoms with Gasteiger partial charge in [-0.1, -0.05) is 24.3 Å². The minimum absolute atomic E-state index is 0.114. The van der Waals surface area contributed by atoms with Crippen molar-refractivity contribution in [3.8, 4) is 11.3 Å². The third-order valence-electron chi connectivity index (χ3n) is 7.33. The molecule has 5 rings (SSSR count). The van der Waals surface area contributed by atoms with Gasteiger partial charge in [-0.15, -0.1) is 0 Å². The van der Waals surface area contributed by atoms with Gasteiger partial charge < -0.3 is 25.0 Å². The summed E-state index contributed by atoms with van der Waals surface area (Å²) in [5.41, 5.74) is 10.2. The van der Waals surface area contributed by atoms with Crippen LogP contribution >= 0.6 is 0 Å². The van der Waals surface area contributed by atoms with Gasteiger partial charge in [0.25, 0.3) is 0 Å². The third-order valence-corrected chi connectivity index (χ3v) is 7.33. The number of hydrogen-bond donors (Lipinski definition) is 1. The number of piperazine rings is 1. The lowest BCUT2D eigenvalue weighted by molar-refractivity contribution is 0.0139. The number of anilines is 2. The van der Waals surface area contributed by atoms with Gasteiger partial charge in [0.15, 0.2) is 11.6 Å². The Balaban J connectivity index is 1.21. The van der Waals surface area contributed by atoms with Crippen molar-refractivity contribution in [3.05, 3.63) is 65.7 Å². The molecule has 0 spiro atoms. The first-order valence-electron chi connectivity index (χ1n) is 14.4. The van der Waals surface area contributed by atoms with E-state index < -0.39 is 5.60 Å². The van der Waals surface area contributed by atoms with E-state index in [-0.39, 0.29) is 29.8 Å². The zero-order valence-electron chi connectivity index (χ0n) is 24.6. The van der Waals surface area contributed by atoms with Gasteiger partial charge in [0, 0.05) is 81.4 Å². The minimum atomic E-state index is -0.495. The first-order valence-corrected chi connectivity index (χ1v) is 14.4. The molecule has 2 saturated heterocycles. The third kappa shape index (κ3) is 7.40. The number of benzene rings is 1. The summed E-state index contributed by atoms with van der Waals surface area (Å²) in [6.45, 7) is 12.1. The first-order chi connectivity index (χ1) is 20.2. The molecule has 2 fully saturated rings. The SMILES string of the molecule is CC(C)(C)OC(=O)N1CCN(Cc2ccc(-c3cnc(N)c(C(=O)Cc4cnccc4N4CCOCC4)n3)cc2)CC1. The summed E-state index contributed by atoms with van der Waals surface area (Å²) in [6.07, 6.45) is 4.93. The number of carbonyl (C=O) groups excluding carboxylic acids is 2. The van der Waals surface area contributed by atoms with Gasteiger partial charge in [-0.2, -0.15) is 0 Å². The Morgan fingerprint density at radius 1 is 0.976 bits per heavy atom. The minimum Gasteiger partial charge on any atom is -0.444 e. The number of aromatic nitrogens is 3. The van der Waals surface area contributed by atoms with E-state index in [9.17, 15) is 9.59 Å². The van der Waals surface area contributed by atoms with E-state index in [1.54, 1.807) is 23.5 Å². The van der Waals surface area contributed by atoms with Crippen molar-refractivity contribution in [3.63, 3.8) is 0 Å². The number of nitrogen functional groups attached to an aromatic ring is 1. The standard InChI is InChI=1S/C31H39N7O4/c1-31(2,3)42-30(40)38-12-10-36(11-13-38)21-22-4-6-23(7-5-22)25-20-34-29(32)28(35-25)27(39)18-24-19-33-9-8-26(24)37-14-16-41-17-15-37/h4-9,19-20H,10-18,21H2,1-3H3,(H2,32,34). The number of ketones is 1. The lowest BCUT2D eigenvalue weighted by Gasteiger charge is -2.35. The van der Waals surface area contributed by atoms with E-state index >= 15 is 0 Å². The second kappa shape index (κ2) is 12.8. The number of Topliss-reactive ketones (excluding diaryl/α,β-unsaturated/α-hetero) is 1. The number of nitrogens with two attached hydrogens (primary N) is 1. The van der Waals surface area contributed by atoms with Crippen molar-refractivity contribution < 1.29 is 19.1 Å². The maximum atomic E-state index is 13.4. The van der Waals surface area contributed by atoms with Crippen LogP contribution in [0, 0.1) is 0 Å². The van der Waals surface area contributed by atoms with Crippen molar-refractivity contribution in [2.24, 2.45) is 0 Å². The molecule has 0 saturated carbocycles. The Morgan fingerprint density at radius 3 is 2.38 bits per heavy atom. The highest BCUT2D eigenvalue weighted by atomic mass is 16.6. The zero-order valence-corrected chi connectivity index (χ0v) is 24.6. The highest BCUT2D eigenvalue weighted by Gasteiger charge is 2.26. The van der Waals surface area contributed by atoms with Crippen molar-refractivity contribution >= 4 is 23.4 Å². The summed E-state index contributed by atoms with van der Waals surface area (Å²) >= 11 is 0. The summed E-state index contributed by atoms with van der Waals surface area (Å²) in [6, 6.07) is 10.0. The molecule has 3 aromatic rings. The second-order valence-corrected chi connectivity index (χ2v) is 11.6. The summed E-state index contributed by atoms with van der Waals surface area (Å²) in [5.74, 6) is -0.0887. The highest BCUT2D eigenvalue weighted by Crippen LogP contribution is 2.25. The molecular weight excluding hydrogens is 534 g/mol. The van der Waals surface area contributed by atoms with Crippen LogP contribution in [0.25, 0.3) is 11.3 Å².